The van der Waals surface area contributed by atoms with Crippen molar-refractivity contribution in [3.63, 3.8) is 0 Å². The molecule has 36 heavy (non-hydrogen) atoms. The number of hydrogen-bond acceptors (Lipinski definition) is 5. The molecule has 3 aromatic rings. The number of hydrogen-bond donors (Lipinski definition) is 0. The van der Waals surface area contributed by atoms with Crippen LogP contribution in [0.4, 0.5) is 5.69 Å². The number of benzene rings is 2. The Hall–Kier alpha value is -3.20. The van der Waals surface area contributed by atoms with E-state index in [0.717, 1.165) is 37.7 Å². The maximum atomic E-state index is 9.03. The van der Waals surface area contributed by atoms with Crippen LogP contribution in [0.25, 0.3) is 0 Å². The lowest BCUT2D eigenvalue weighted by Crippen LogP contribution is -2.55. The van der Waals surface area contributed by atoms with E-state index in [1.165, 1.54) is 55.0 Å². The van der Waals surface area contributed by atoms with Crippen LogP contribution in [0.15, 0.2) is 72.9 Å². The molecule has 0 saturated carbocycles. The van der Waals surface area contributed by atoms with E-state index in [0.29, 0.717) is 5.92 Å². The maximum Gasteiger partial charge on any atom is 0.0991 e. The fourth-order valence-electron chi connectivity index (χ4n) is 6.97. The number of likely N-dealkylation sites (N-methyl/N-ethyl adjacent to an activating group) is 1. The van der Waals surface area contributed by atoms with Crippen molar-refractivity contribution >= 4 is 5.69 Å². The number of pyridine rings is 1. The summed E-state index contributed by atoms with van der Waals surface area (Å²) >= 11 is 0. The highest BCUT2D eigenvalue weighted by Gasteiger charge is 2.48. The van der Waals surface area contributed by atoms with Gasteiger partial charge in [0.25, 0.3) is 0 Å². The maximum absolute atomic E-state index is 9.03. The van der Waals surface area contributed by atoms with Gasteiger partial charge in [-0.15, -0.1) is 0 Å². The smallest absolute Gasteiger partial charge is 0.0991 e. The molecule has 3 aliphatic heterocycles. The average molecular weight is 478 g/mol. The van der Waals surface area contributed by atoms with E-state index in [1.54, 1.807) is 0 Å². The van der Waals surface area contributed by atoms with Gasteiger partial charge in [-0.25, -0.2) is 0 Å². The molecule has 1 atom stereocenters. The molecule has 2 aromatic carbocycles. The SMILES string of the molecule is CN1Cc2ccccc2C(c2ccccn2)(C2CCN(CC3CN(c4ccc(C#N)cc4)C3)CC2)C1. The van der Waals surface area contributed by atoms with Crippen LogP contribution in [0.5, 0.6) is 0 Å². The van der Waals surface area contributed by atoms with E-state index in [4.69, 9.17) is 10.2 Å². The van der Waals surface area contributed by atoms with Crippen molar-refractivity contribution in [1.29, 1.82) is 5.26 Å². The molecule has 5 heteroatoms. The minimum atomic E-state index is -0.0419. The summed E-state index contributed by atoms with van der Waals surface area (Å²) in [6, 6.07) is 25.8. The van der Waals surface area contributed by atoms with Gasteiger partial charge >= 0.3 is 0 Å². The Morgan fingerprint density at radius 1 is 0.972 bits per heavy atom. The molecule has 2 saturated heterocycles. The lowest BCUT2D eigenvalue weighted by molar-refractivity contribution is 0.0938. The molecule has 0 amide bonds. The quantitative estimate of drug-likeness (QED) is 0.540. The van der Waals surface area contributed by atoms with Crippen molar-refractivity contribution in [2.75, 3.05) is 51.2 Å². The number of nitriles is 1. The van der Waals surface area contributed by atoms with E-state index < -0.39 is 0 Å². The Labute approximate surface area is 215 Å². The lowest BCUT2D eigenvalue weighted by atomic mass is 9.61. The Morgan fingerprint density at radius 3 is 2.44 bits per heavy atom. The van der Waals surface area contributed by atoms with Crippen molar-refractivity contribution in [2.45, 2.75) is 24.8 Å². The molecule has 6 rings (SSSR count). The normalized spacial score (nSPS) is 23.6. The second-order valence-electron chi connectivity index (χ2n) is 11.0. The Morgan fingerprint density at radius 2 is 1.72 bits per heavy atom. The van der Waals surface area contributed by atoms with Gasteiger partial charge in [0.05, 0.1) is 22.7 Å². The number of rotatable bonds is 5. The van der Waals surface area contributed by atoms with Gasteiger partial charge in [-0.3, -0.25) is 4.98 Å². The van der Waals surface area contributed by atoms with Crippen LogP contribution in [-0.2, 0) is 12.0 Å². The molecule has 0 aliphatic carbocycles. The molecule has 0 spiro atoms. The second kappa shape index (κ2) is 9.69. The first-order valence-corrected chi connectivity index (χ1v) is 13.3. The van der Waals surface area contributed by atoms with Crippen LogP contribution >= 0.6 is 0 Å². The third-order valence-electron chi connectivity index (χ3n) is 8.70. The minimum Gasteiger partial charge on any atom is -0.371 e. The fraction of sp³-hybridized carbons (Fsp3) is 0.419. The Balaban J connectivity index is 1.14. The number of nitrogens with zero attached hydrogens (tertiary/aromatic N) is 5. The largest absolute Gasteiger partial charge is 0.371 e. The van der Waals surface area contributed by atoms with Gasteiger partial charge < -0.3 is 14.7 Å². The predicted molar refractivity (Wildman–Crippen MR) is 144 cm³/mol. The molecule has 184 valence electrons. The molecular formula is C31H35N5. The van der Waals surface area contributed by atoms with E-state index in [2.05, 4.69) is 76.3 Å². The summed E-state index contributed by atoms with van der Waals surface area (Å²) in [7, 11) is 2.26. The summed E-state index contributed by atoms with van der Waals surface area (Å²) in [5, 5.41) is 9.03. The zero-order chi connectivity index (χ0) is 24.5. The van der Waals surface area contributed by atoms with Crippen LogP contribution in [0.3, 0.4) is 0 Å². The van der Waals surface area contributed by atoms with Gasteiger partial charge in [0, 0.05) is 50.5 Å². The van der Waals surface area contributed by atoms with Crippen LogP contribution in [0, 0.1) is 23.2 Å². The van der Waals surface area contributed by atoms with Crippen molar-refractivity contribution < 1.29 is 0 Å². The van der Waals surface area contributed by atoms with E-state index >= 15 is 0 Å². The predicted octanol–water partition coefficient (Wildman–Crippen LogP) is 4.53. The standard InChI is InChI=1S/C31H35N5/c1-34-22-26-6-2-3-7-29(26)31(23-34,30-8-4-5-15-33-30)27-13-16-35(17-14-27)19-25-20-36(21-25)28-11-9-24(18-32)10-12-28/h2-12,15,25,27H,13-14,16-17,19-23H2,1H3. The first-order chi connectivity index (χ1) is 17.7. The average Bonchev–Trinajstić information content (AvgIpc) is 2.91. The molecule has 2 fully saturated rings. The van der Waals surface area contributed by atoms with Crippen LogP contribution in [0.2, 0.25) is 0 Å². The molecule has 3 aliphatic rings. The summed E-state index contributed by atoms with van der Waals surface area (Å²) < 4.78 is 0. The molecule has 0 bridgehead atoms. The molecule has 1 unspecified atom stereocenters. The van der Waals surface area contributed by atoms with Gasteiger partial charge in [0.2, 0.25) is 0 Å². The molecule has 0 N–H and O–H groups in total. The molecule has 0 radical (unpaired) electrons. The van der Waals surface area contributed by atoms with Gasteiger partial charge in [-0.2, -0.15) is 5.26 Å². The van der Waals surface area contributed by atoms with Crippen molar-refractivity contribution in [2.24, 2.45) is 11.8 Å². The zero-order valence-corrected chi connectivity index (χ0v) is 21.2. The first-order valence-electron chi connectivity index (χ1n) is 13.3. The highest BCUT2D eigenvalue weighted by atomic mass is 15.2. The molecule has 1 aromatic heterocycles. The number of likely N-dealkylation sites (tertiary alicyclic amines) is 1. The first kappa shape index (κ1) is 23.2. The van der Waals surface area contributed by atoms with Crippen LogP contribution in [0.1, 0.15) is 35.2 Å². The van der Waals surface area contributed by atoms with E-state index in [9.17, 15) is 0 Å². The summed E-state index contributed by atoms with van der Waals surface area (Å²) in [4.78, 5) is 12.6. The molecule has 4 heterocycles. The van der Waals surface area contributed by atoms with Crippen LogP contribution < -0.4 is 4.90 Å². The monoisotopic (exact) mass is 477 g/mol. The summed E-state index contributed by atoms with van der Waals surface area (Å²) in [6.07, 6.45) is 4.40. The molecule has 5 nitrogen and oxygen atoms in total. The zero-order valence-electron chi connectivity index (χ0n) is 21.2. The van der Waals surface area contributed by atoms with E-state index in [-0.39, 0.29) is 5.41 Å². The molecular weight excluding hydrogens is 442 g/mol. The minimum absolute atomic E-state index is 0.0419. The Bertz CT molecular complexity index is 1220. The summed E-state index contributed by atoms with van der Waals surface area (Å²) in [6.45, 7) is 7.79. The van der Waals surface area contributed by atoms with Crippen molar-refractivity contribution in [3.8, 4) is 6.07 Å². The third-order valence-corrected chi connectivity index (χ3v) is 8.70. The second-order valence-corrected chi connectivity index (χ2v) is 11.0. The fourth-order valence-corrected chi connectivity index (χ4v) is 6.97. The van der Waals surface area contributed by atoms with Crippen LogP contribution in [-0.4, -0.2) is 61.1 Å². The van der Waals surface area contributed by atoms with Gasteiger partial charge in [0.15, 0.2) is 0 Å². The summed E-state index contributed by atoms with van der Waals surface area (Å²) in [5.41, 5.74) is 6.11. The number of piperidine rings is 1. The lowest BCUT2D eigenvalue weighted by Gasteiger charge is -2.51. The van der Waals surface area contributed by atoms with E-state index in [1.807, 2.05) is 24.4 Å². The number of anilines is 1. The van der Waals surface area contributed by atoms with Crippen molar-refractivity contribution in [3.05, 3.63) is 95.3 Å². The third kappa shape index (κ3) is 4.19. The summed E-state index contributed by atoms with van der Waals surface area (Å²) in [5.74, 6) is 1.31. The Kier molecular flexibility index (Phi) is 6.25. The van der Waals surface area contributed by atoms with Gasteiger partial charge in [-0.05, 0) is 86.4 Å². The number of aromatic nitrogens is 1. The number of fused-ring (bicyclic) bond motifs is 1. The van der Waals surface area contributed by atoms with Gasteiger partial charge in [0.1, 0.15) is 0 Å². The van der Waals surface area contributed by atoms with Crippen molar-refractivity contribution in [1.82, 2.24) is 14.8 Å². The highest BCUT2D eigenvalue weighted by Crippen LogP contribution is 2.47. The van der Waals surface area contributed by atoms with Gasteiger partial charge in [-0.1, -0.05) is 30.3 Å². The highest BCUT2D eigenvalue weighted by molar-refractivity contribution is 5.51. The topological polar surface area (TPSA) is 46.4 Å².